The molecule has 23 heavy (non-hydrogen) atoms. The van der Waals surface area contributed by atoms with Crippen LogP contribution in [0.1, 0.15) is 18.3 Å². The van der Waals surface area contributed by atoms with Crippen molar-refractivity contribution in [2.75, 3.05) is 6.54 Å². The molecule has 5 nitrogen and oxygen atoms in total. The van der Waals surface area contributed by atoms with Crippen LogP contribution < -0.4 is 5.32 Å². The van der Waals surface area contributed by atoms with Crippen molar-refractivity contribution in [3.63, 3.8) is 0 Å². The maximum Gasteiger partial charge on any atom is 0.405 e. The summed E-state index contributed by atoms with van der Waals surface area (Å²) >= 11 is 0. The summed E-state index contributed by atoms with van der Waals surface area (Å²) in [7, 11) is -1.66. The number of hydrogen-bond acceptors (Lipinski definition) is 3. The van der Waals surface area contributed by atoms with Gasteiger partial charge in [-0.15, -0.1) is 0 Å². The fraction of sp³-hybridized carbons (Fsp3) is 0.429. The van der Waals surface area contributed by atoms with Crippen LogP contribution in [0, 0.1) is 6.92 Å². The van der Waals surface area contributed by atoms with E-state index in [0.717, 1.165) is 5.69 Å². The average molecular weight is 347 g/mol. The number of carbonyl (C=O) groups excluding carboxylic acids is 1. The van der Waals surface area contributed by atoms with Gasteiger partial charge in [0.15, 0.2) is 0 Å². The van der Waals surface area contributed by atoms with Gasteiger partial charge in [0.2, 0.25) is 5.91 Å². The van der Waals surface area contributed by atoms with Crippen LogP contribution in [0.4, 0.5) is 13.2 Å². The molecule has 9 heteroatoms. The number of alkyl halides is 3. The van der Waals surface area contributed by atoms with Crippen molar-refractivity contribution in [1.29, 1.82) is 0 Å². The summed E-state index contributed by atoms with van der Waals surface area (Å²) in [4.78, 5) is 15.9. The van der Waals surface area contributed by atoms with Gasteiger partial charge in [0.05, 0.1) is 11.4 Å². The fourth-order valence-corrected chi connectivity index (χ4v) is 2.99. The Labute approximate surface area is 133 Å². The Balaban J connectivity index is 2.02. The van der Waals surface area contributed by atoms with Gasteiger partial charge in [-0.2, -0.15) is 13.2 Å². The van der Waals surface area contributed by atoms with Gasteiger partial charge in [-0.25, -0.2) is 4.98 Å². The summed E-state index contributed by atoms with van der Waals surface area (Å²) in [6, 6.07) is 5.52. The number of rotatable bonds is 5. The molecule has 2 aromatic heterocycles. The van der Waals surface area contributed by atoms with Crippen LogP contribution >= 0.6 is 0 Å². The van der Waals surface area contributed by atoms with Crippen molar-refractivity contribution in [3.05, 3.63) is 35.8 Å². The average Bonchev–Trinajstić information content (AvgIpc) is 2.87. The minimum Gasteiger partial charge on any atom is -0.346 e. The Morgan fingerprint density at radius 3 is 2.74 bits per heavy atom. The number of nitrogens with one attached hydrogen (secondary N) is 1. The Morgan fingerprint density at radius 2 is 2.13 bits per heavy atom. The first-order chi connectivity index (χ1) is 10.7. The van der Waals surface area contributed by atoms with Crippen molar-refractivity contribution in [3.8, 4) is 0 Å². The summed E-state index contributed by atoms with van der Waals surface area (Å²) < 4.78 is 50.2. The first-order valence-electron chi connectivity index (χ1n) is 6.82. The first-order valence-corrected chi connectivity index (χ1v) is 8.21. The molecular weight excluding hydrogens is 331 g/mol. The van der Waals surface area contributed by atoms with E-state index in [1.54, 1.807) is 17.6 Å². The van der Waals surface area contributed by atoms with Gasteiger partial charge in [-0.1, -0.05) is 6.07 Å². The Morgan fingerprint density at radius 1 is 1.43 bits per heavy atom. The molecule has 2 atom stereocenters. The van der Waals surface area contributed by atoms with E-state index in [0.29, 0.717) is 11.3 Å². The summed E-state index contributed by atoms with van der Waals surface area (Å²) in [6.07, 6.45) is -2.78. The third kappa shape index (κ3) is 4.54. The van der Waals surface area contributed by atoms with Crippen molar-refractivity contribution in [2.45, 2.75) is 31.0 Å². The maximum atomic E-state index is 12.2. The van der Waals surface area contributed by atoms with Gasteiger partial charge < -0.3 is 9.72 Å². The zero-order valence-corrected chi connectivity index (χ0v) is 13.4. The number of hydrogen-bond donors (Lipinski definition) is 1. The van der Waals surface area contributed by atoms with E-state index in [1.807, 2.05) is 23.5 Å². The second-order valence-electron chi connectivity index (χ2n) is 5.13. The summed E-state index contributed by atoms with van der Waals surface area (Å²) in [5.74, 6) is -0.887. The predicted octanol–water partition coefficient (Wildman–Crippen LogP) is 1.96. The molecule has 2 heterocycles. The quantitative estimate of drug-likeness (QED) is 0.899. The van der Waals surface area contributed by atoms with Crippen LogP contribution in [0.5, 0.6) is 0 Å². The number of imidazole rings is 1. The number of carbonyl (C=O) groups is 1. The molecule has 0 aromatic carbocycles. The normalized spacial score (nSPS) is 14.7. The molecule has 1 amide bonds. The SMILES string of the molecule is Cc1cccc2nc(C[S@](=O)[C@@H](C)C(=O)NCC(F)(F)F)cn12. The Hall–Kier alpha value is -1.90. The van der Waals surface area contributed by atoms with Crippen LogP contribution in [-0.2, 0) is 21.3 Å². The summed E-state index contributed by atoms with van der Waals surface area (Å²) in [6.45, 7) is 1.80. The molecule has 0 saturated heterocycles. The molecular formula is C14H16F3N3O2S. The second-order valence-corrected chi connectivity index (χ2v) is 6.89. The molecule has 0 radical (unpaired) electrons. The van der Waals surface area contributed by atoms with Crippen molar-refractivity contribution >= 4 is 22.4 Å². The molecule has 0 saturated carbocycles. The Bertz CT molecular complexity index is 742. The molecule has 0 unspecified atom stereocenters. The largest absolute Gasteiger partial charge is 0.405 e. The van der Waals surface area contributed by atoms with Crippen LogP contribution in [-0.4, -0.2) is 37.5 Å². The third-order valence-electron chi connectivity index (χ3n) is 3.26. The van der Waals surface area contributed by atoms with Gasteiger partial charge in [-0.3, -0.25) is 9.00 Å². The lowest BCUT2D eigenvalue weighted by molar-refractivity contribution is -0.137. The topological polar surface area (TPSA) is 63.5 Å². The fourth-order valence-electron chi connectivity index (χ4n) is 1.99. The molecule has 0 spiro atoms. The molecule has 0 aliphatic heterocycles. The molecule has 0 bridgehead atoms. The highest BCUT2D eigenvalue weighted by Crippen LogP contribution is 2.14. The van der Waals surface area contributed by atoms with Gasteiger partial charge in [0.25, 0.3) is 0 Å². The van der Waals surface area contributed by atoms with Gasteiger partial charge in [0.1, 0.15) is 17.4 Å². The van der Waals surface area contributed by atoms with Crippen molar-refractivity contribution in [1.82, 2.24) is 14.7 Å². The molecule has 2 rings (SSSR count). The third-order valence-corrected chi connectivity index (χ3v) is 4.85. The van der Waals surface area contributed by atoms with Crippen molar-refractivity contribution < 1.29 is 22.2 Å². The number of aromatic nitrogens is 2. The highest BCUT2D eigenvalue weighted by molar-refractivity contribution is 7.85. The number of amides is 1. The monoisotopic (exact) mass is 347 g/mol. The van der Waals surface area contributed by atoms with E-state index in [-0.39, 0.29) is 5.75 Å². The lowest BCUT2D eigenvalue weighted by Crippen LogP contribution is -2.40. The maximum absolute atomic E-state index is 12.2. The van der Waals surface area contributed by atoms with Gasteiger partial charge in [-0.05, 0) is 26.0 Å². The number of fused-ring (bicyclic) bond motifs is 1. The molecule has 0 aliphatic rings. The zero-order valence-electron chi connectivity index (χ0n) is 12.6. The zero-order chi connectivity index (χ0) is 17.2. The van der Waals surface area contributed by atoms with Gasteiger partial charge >= 0.3 is 6.18 Å². The van der Waals surface area contributed by atoms with E-state index in [9.17, 15) is 22.2 Å². The highest BCUT2D eigenvalue weighted by atomic mass is 32.2. The van der Waals surface area contributed by atoms with Crippen LogP contribution in [0.15, 0.2) is 24.4 Å². The summed E-state index contributed by atoms with van der Waals surface area (Å²) in [5.41, 5.74) is 2.15. The van der Waals surface area contributed by atoms with Crippen LogP contribution in [0.2, 0.25) is 0 Å². The molecule has 0 fully saturated rings. The van der Waals surface area contributed by atoms with E-state index in [2.05, 4.69) is 4.98 Å². The smallest absolute Gasteiger partial charge is 0.346 e. The lowest BCUT2D eigenvalue weighted by Gasteiger charge is -2.12. The standard InChI is InChI=1S/C14H16F3N3O2S/c1-9-4-3-5-12-19-11(6-20(9)12)7-23(22)10(2)13(21)18-8-14(15,16)17/h3-6,10H,7-8H2,1-2H3,(H,18,21)/t10-,23-/m0/s1. The predicted molar refractivity (Wildman–Crippen MR) is 80.3 cm³/mol. The highest BCUT2D eigenvalue weighted by Gasteiger charge is 2.30. The molecule has 126 valence electrons. The number of halogens is 3. The number of nitrogens with zero attached hydrogens (tertiary/aromatic N) is 2. The number of pyridine rings is 1. The minimum absolute atomic E-state index is 0.00171. The van der Waals surface area contributed by atoms with E-state index >= 15 is 0 Å². The van der Waals surface area contributed by atoms with E-state index < -0.39 is 34.7 Å². The first kappa shape index (κ1) is 17.5. The molecule has 0 aliphatic carbocycles. The van der Waals surface area contributed by atoms with Crippen molar-refractivity contribution in [2.24, 2.45) is 0 Å². The van der Waals surface area contributed by atoms with E-state index in [1.165, 1.54) is 6.92 Å². The second kappa shape index (κ2) is 6.69. The summed E-state index contributed by atoms with van der Waals surface area (Å²) in [5, 5.41) is 0.690. The van der Waals surface area contributed by atoms with Crippen LogP contribution in [0.25, 0.3) is 5.65 Å². The molecule has 1 N–H and O–H groups in total. The Kier molecular flexibility index (Phi) is 5.08. The number of aryl methyl sites for hydroxylation is 1. The lowest BCUT2D eigenvalue weighted by atomic mass is 10.4. The van der Waals surface area contributed by atoms with E-state index in [4.69, 9.17) is 0 Å². The van der Waals surface area contributed by atoms with Crippen LogP contribution in [0.3, 0.4) is 0 Å². The van der Waals surface area contributed by atoms with Gasteiger partial charge in [0, 0.05) is 22.7 Å². The minimum atomic E-state index is -4.49. The molecule has 2 aromatic rings.